The first-order valence-electron chi connectivity index (χ1n) is 8.85. The van der Waals surface area contributed by atoms with Gasteiger partial charge in [0.25, 0.3) is 5.91 Å². The molecule has 0 bridgehead atoms. The number of hydrogen-bond acceptors (Lipinski definition) is 4. The summed E-state index contributed by atoms with van der Waals surface area (Å²) in [5, 5.41) is 8.30. The number of ether oxygens (including phenoxy) is 1. The summed E-state index contributed by atoms with van der Waals surface area (Å²) in [5.74, 6) is 0.597. The highest BCUT2D eigenvalue weighted by molar-refractivity contribution is 6.02. The van der Waals surface area contributed by atoms with E-state index in [0.717, 1.165) is 5.56 Å². The topological polar surface area (TPSA) is 92.6 Å². The van der Waals surface area contributed by atoms with Gasteiger partial charge in [0.05, 0.1) is 12.9 Å². The molecule has 7 nitrogen and oxygen atoms in total. The normalized spacial score (nSPS) is 10.2. The second-order valence-corrected chi connectivity index (χ2v) is 5.90. The molecule has 144 valence electrons. The van der Waals surface area contributed by atoms with E-state index in [0.29, 0.717) is 30.3 Å². The van der Waals surface area contributed by atoms with Gasteiger partial charge in [0.1, 0.15) is 5.75 Å². The van der Waals surface area contributed by atoms with E-state index >= 15 is 0 Å². The van der Waals surface area contributed by atoms with Crippen LogP contribution in [0.2, 0.25) is 0 Å². The molecule has 7 heteroatoms. The molecule has 3 amide bonds. The van der Waals surface area contributed by atoms with Crippen molar-refractivity contribution in [2.45, 2.75) is 13.5 Å². The molecular weight excluding hydrogens is 358 g/mol. The van der Waals surface area contributed by atoms with Crippen LogP contribution in [0, 0.1) is 0 Å². The maximum Gasteiger partial charge on any atom is 0.319 e. The first-order chi connectivity index (χ1) is 13.6. The van der Waals surface area contributed by atoms with E-state index in [1.165, 1.54) is 6.26 Å². The largest absolute Gasteiger partial charge is 0.494 e. The van der Waals surface area contributed by atoms with Crippen molar-refractivity contribution in [1.29, 1.82) is 0 Å². The Kier molecular flexibility index (Phi) is 6.30. The highest BCUT2D eigenvalue weighted by atomic mass is 16.5. The molecule has 0 saturated carbocycles. The molecule has 0 radical (unpaired) electrons. The van der Waals surface area contributed by atoms with E-state index < -0.39 is 0 Å². The lowest BCUT2D eigenvalue weighted by molar-refractivity contribution is 0.0996. The Hall–Kier alpha value is -3.74. The van der Waals surface area contributed by atoms with Crippen LogP contribution in [0.3, 0.4) is 0 Å². The van der Waals surface area contributed by atoms with Crippen molar-refractivity contribution in [2.24, 2.45) is 0 Å². The van der Waals surface area contributed by atoms with Crippen LogP contribution in [0.1, 0.15) is 23.0 Å². The van der Waals surface area contributed by atoms with Gasteiger partial charge in [-0.2, -0.15) is 0 Å². The number of nitrogens with one attached hydrogen (secondary N) is 3. The van der Waals surface area contributed by atoms with Gasteiger partial charge < -0.3 is 25.1 Å². The number of carbonyl (C=O) groups excluding carboxylic acids is 2. The minimum atomic E-state index is -0.335. The molecule has 0 aliphatic heterocycles. The first-order valence-corrected chi connectivity index (χ1v) is 8.85. The van der Waals surface area contributed by atoms with Crippen molar-refractivity contribution in [3.63, 3.8) is 0 Å². The molecule has 0 fully saturated rings. The van der Waals surface area contributed by atoms with E-state index in [9.17, 15) is 9.59 Å². The van der Waals surface area contributed by atoms with Crippen LogP contribution >= 0.6 is 0 Å². The summed E-state index contributed by atoms with van der Waals surface area (Å²) in [6.45, 7) is 2.77. The van der Waals surface area contributed by atoms with Gasteiger partial charge in [0.2, 0.25) is 0 Å². The van der Waals surface area contributed by atoms with E-state index in [2.05, 4.69) is 16.0 Å². The van der Waals surface area contributed by atoms with Crippen LogP contribution in [-0.2, 0) is 6.54 Å². The van der Waals surface area contributed by atoms with Gasteiger partial charge in [-0.25, -0.2) is 4.79 Å². The summed E-state index contributed by atoms with van der Waals surface area (Å²) < 4.78 is 10.5. The molecule has 2 aromatic carbocycles. The van der Waals surface area contributed by atoms with Gasteiger partial charge in [0.15, 0.2) is 5.76 Å². The van der Waals surface area contributed by atoms with E-state index in [1.807, 2.05) is 25.1 Å². The second kappa shape index (κ2) is 9.27. The van der Waals surface area contributed by atoms with Crippen molar-refractivity contribution < 1.29 is 18.7 Å². The molecule has 28 heavy (non-hydrogen) atoms. The fraction of sp³-hybridized carbons (Fsp3) is 0.143. The number of urea groups is 1. The second-order valence-electron chi connectivity index (χ2n) is 5.90. The Balaban J connectivity index is 1.53. The molecule has 1 heterocycles. The number of rotatable bonds is 7. The third-order valence-corrected chi connectivity index (χ3v) is 3.79. The van der Waals surface area contributed by atoms with Crippen molar-refractivity contribution >= 4 is 23.3 Å². The zero-order valence-corrected chi connectivity index (χ0v) is 15.4. The number of carbonyl (C=O) groups is 2. The highest BCUT2D eigenvalue weighted by Crippen LogP contribution is 2.17. The van der Waals surface area contributed by atoms with E-state index in [-0.39, 0.29) is 17.7 Å². The quantitative estimate of drug-likeness (QED) is 0.572. The molecule has 3 aromatic rings. The molecule has 0 saturated heterocycles. The molecule has 0 spiro atoms. The predicted octanol–water partition coefficient (Wildman–Crippen LogP) is 4.25. The summed E-state index contributed by atoms with van der Waals surface area (Å²) >= 11 is 0. The molecule has 0 aliphatic carbocycles. The Morgan fingerprint density at radius 2 is 1.75 bits per heavy atom. The van der Waals surface area contributed by atoms with E-state index in [1.54, 1.807) is 42.5 Å². The maximum atomic E-state index is 12.1. The summed E-state index contributed by atoms with van der Waals surface area (Å²) in [4.78, 5) is 24.2. The first kappa shape index (κ1) is 19.0. The van der Waals surface area contributed by atoms with E-state index in [4.69, 9.17) is 9.15 Å². The van der Waals surface area contributed by atoms with Crippen molar-refractivity contribution in [1.82, 2.24) is 5.32 Å². The third kappa shape index (κ3) is 5.38. The fourth-order valence-electron chi connectivity index (χ4n) is 2.55. The zero-order valence-electron chi connectivity index (χ0n) is 15.4. The van der Waals surface area contributed by atoms with Gasteiger partial charge in [-0.3, -0.25) is 4.79 Å². The third-order valence-electron chi connectivity index (χ3n) is 3.79. The standard InChI is InChI=1S/C21H21N3O4/c1-2-27-18-9-4-8-17(13-18)24-21(26)22-14-15-6-3-7-16(12-15)23-20(25)19-10-5-11-28-19/h3-13H,2,14H2,1H3,(H,23,25)(H2,22,24,26). The van der Waals surface area contributed by atoms with Gasteiger partial charge in [-0.05, 0) is 48.9 Å². The highest BCUT2D eigenvalue weighted by Gasteiger charge is 2.09. The van der Waals surface area contributed by atoms with Crippen LogP contribution < -0.4 is 20.7 Å². The summed E-state index contributed by atoms with van der Waals surface area (Å²) in [6.07, 6.45) is 1.44. The Bertz CT molecular complexity index is 938. The van der Waals surface area contributed by atoms with Crippen LogP contribution in [0.25, 0.3) is 0 Å². The smallest absolute Gasteiger partial charge is 0.319 e. The van der Waals surface area contributed by atoms with Crippen molar-refractivity contribution in [3.05, 3.63) is 78.3 Å². The number of benzene rings is 2. The predicted molar refractivity (Wildman–Crippen MR) is 107 cm³/mol. The van der Waals surface area contributed by atoms with Gasteiger partial charge in [0, 0.05) is 24.0 Å². The Labute approximate surface area is 162 Å². The lowest BCUT2D eigenvalue weighted by Gasteiger charge is -2.10. The van der Waals surface area contributed by atoms with Crippen molar-refractivity contribution in [2.75, 3.05) is 17.2 Å². The molecular formula is C21H21N3O4. The van der Waals surface area contributed by atoms with Crippen LogP contribution in [-0.4, -0.2) is 18.5 Å². The SMILES string of the molecule is CCOc1cccc(NC(=O)NCc2cccc(NC(=O)c3ccco3)c2)c1. The lowest BCUT2D eigenvalue weighted by Crippen LogP contribution is -2.28. The van der Waals surface area contributed by atoms with Crippen LogP contribution in [0.5, 0.6) is 5.75 Å². The molecule has 3 N–H and O–H groups in total. The minimum absolute atomic E-state index is 0.234. The number of anilines is 2. The molecule has 3 rings (SSSR count). The number of hydrogen-bond donors (Lipinski definition) is 3. The number of furan rings is 1. The zero-order chi connectivity index (χ0) is 19.8. The minimum Gasteiger partial charge on any atom is -0.494 e. The lowest BCUT2D eigenvalue weighted by atomic mass is 10.2. The molecule has 1 aromatic heterocycles. The molecule has 0 unspecified atom stereocenters. The maximum absolute atomic E-state index is 12.1. The number of amides is 3. The Morgan fingerprint density at radius 3 is 2.50 bits per heavy atom. The average molecular weight is 379 g/mol. The fourth-order valence-corrected chi connectivity index (χ4v) is 2.55. The summed E-state index contributed by atoms with van der Waals surface area (Å²) in [7, 11) is 0. The average Bonchev–Trinajstić information content (AvgIpc) is 3.22. The van der Waals surface area contributed by atoms with Crippen LogP contribution in [0.4, 0.5) is 16.2 Å². The molecule has 0 aliphatic rings. The summed E-state index contributed by atoms with van der Waals surface area (Å²) in [5.41, 5.74) is 2.10. The van der Waals surface area contributed by atoms with Gasteiger partial charge in [-0.1, -0.05) is 18.2 Å². The van der Waals surface area contributed by atoms with Gasteiger partial charge >= 0.3 is 6.03 Å². The summed E-state index contributed by atoms with van der Waals surface area (Å²) in [6, 6.07) is 17.3. The van der Waals surface area contributed by atoms with Crippen molar-refractivity contribution in [3.8, 4) is 5.75 Å². The monoisotopic (exact) mass is 379 g/mol. The Morgan fingerprint density at radius 1 is 0.964 bits per heavy atom. The van der Waals surface area contributed by atoms with Crippen LogP contribution in [0.15, 0.2) is 71.3 Å². The molecule has 0 atom stereocenters. The van der Waals surface area contributed by atoms with Gasteiger partial charge in [-0.15, -0.1) is 0 Å².